The van der Waals surface area contributed by atoms with Gasteiger partial charge in [-0.05, 0) is 43.5 Å². The van der Waals surface area contributed by atoms with Crippen molar-refractivity contribution in [2.45, 2.75) is 57.7 Å². The van der Waals surface area contributed by atoms with Crippen molar-refractivity contribution < 1.29 is 9.47 Å². The molecule has 1 saturated carbocycles. The zero-order chi connectivity index (χ0) is 18.9. The second-order valence-corrected chi connectivity index (χ2v) is 8.05. The molecule has 0 N–H and O–H groups in total. The lowest BCUT2D eigenvalue weighted by atomic mass is 9.86. The first-order chi connectivity index (χ1) is 13.8. The van der Waals surface area contributed by atoms with Gasteiger partial charge in [0.05, 0.1) is 18.4 Å². The van der Waals surface area contributed by atoms with Crippen LogP contribution in [0, 0.1) is 5.92 Å². The first kappa shape index (κ1) is 17.6. The molecule has 0 bridgehead atoms. The number of benzene rings is 2. The minimum absolute atomic E-state index is 0.0388. The third-order valence-corrected chi connectivity index (χ3v) is 6.26. The van der Waals surface area contributed by atoms with Crippen molar-refractivity contribution in [3.05, 3.63) is 59.7 Å². The van der Waals surface area contributed by atoms with E-state index in [-0.39, 0.29) is 12.3 Å². The summed E-state index contributed by atoms with van der Waals surface area (Å²) in [7, 11) is 0. The fourth-order valence-electron chi connectivity index (χ4n) is 4.89. The zero-order valence-electron chi connectivity index (χ0n) is 16.5. The van der Waals surface area contributed by atoms with Crippen LogP contribution in [0.15, 0.2) is 53.6 Å². The lowest BCUT2D eigenvalue weighted by Gasteiger charge is -2.42. The molecule has 2 aliphatic heterocycles. The van der Waals surface area contributed by atoms with E-state index in [4.69, 9.17) is 14.6 Å². The van der Waals surface area contributed by atoms with Crippen molar-refractivity contribution in [2.75, 3.05) is 6.61 Å². The van der Waals surface area contributed by atoms with Gasteiger partial charge in [-0.25, -0.2) is 5.01 Å². The highest BCUT2D eigenvalue weighted by Gasteiger charge is 2.43. The van der Waals surface area contributed by atoms with Crippen molar-refractivity contribution >= 4 is 5.71 Å². The molecule has 1 aliphatic carbocycles. The van der Waals surface area contributed by atoms with Gasteiger partial charge in [0.15, 0.2) is 6.23 Å². The van der Waals surface area contributed by atoms with Gasteiger partial charge in [0.1, 0.15) is 11.5 Å². The highest BCUT2D eigenvalue weighted by atomic mass is 16.5. The maximum absolute atomic E-state index is 6.57. The SMILES string of the molecule is CCOc1ccc2c(c1)[C@@H]1CC(c3ccccc3)=NN1[C@@H](C1CCCCC1)O2. The van der Waals surface area contributed by atoms with Crippen molar-refractivity contribution in [3.8, 4) is 11.5 Å². The molecule has 0 radical (unpaired) electrons. The number of rotatable bonds is 4. The minimum Gasteiger partial charge on any atom is -0.494 e. The predicted molar refractivity (Wildman–Crippen MR) is 111 cm³/mol. The number of nitrogens with zero attached hydrogens (tertiary/aromatic N) is 2. The van der Waals surface area contributed by atoms with Crippen LogP contribution < -0.4 is 9.47 Å². The Bertz CT molecular complexity index is 858. The molecule has 2 aromatic rings. The number of fused-ring (bicyclic) bond motifs is 3. The summed E-state index contributed by atoms with van der Waals surface area (Å²) >= 11 is 0. The van der Waals surface area contributed by atoms with Crippen LogP contribution in [0.2, 0.25) is 0 Å². The first-order valence-corrected chi connectivity index (χ1v) is 10.7. The standard InChI is InChI=1S/C24H28N2O2/c1-2-27-19-13-14-23-20(15-19)22-16-21(17-9-5-3-6-10-17)25-26(22)24(28-23)18-11-7-4-8-12-18/h3,5-6,9-10,13-15,18,22,24H,2,4,7-8,11-12,16H2,1H3/t22-,24+/m0/s1. The second kappa shape index (κ2) is 7.50. The van der Waals surface area contributed by atoms with Crippen molar-refractivity contribution in [1.82, 2.24) is 5.01 Å². The molecule has 0 amide bonds. The molecule has 28 heavy (non-hydrogen) atoms. The summed E-state index contributed by atoms with van der Waals surface area (Å²) in [6.07, 6.45) is 7.37. The topological polar surface area (TPSA) is 34.1 Å². The monoisotopic (exact) mass is 376 g/mol. The molecule has 0 aromatic heterocycles. The van der Waals surface area contributed by atoms with E-state index in [1.165, 1.54) is 43.2 Å². The van der Waals surface area contributed by atoms with Gasteiger partial charge in [-0.1, -0.05) is 49.6 Å². The van der Waals surface area contributed by atoms with Gasteiger partial charge in [0.25, 0.3) is 0 Å². The van der Waals surface area contributed by atoms with E-state index in [1.807, 2.05) is 13.0 Å². The Labute approximate surface area is 167 Å². The summed E-state index contributed by atoms with van der Waals surface area (Å²) in [5.41, 5.74) is 3.57. The molecule has 2 atom stereocenters. The molecule has 146 valence electrons. The predicted octanol–water partition coefficient (Wildman–Crippen LogP) is 5.54. The van der Waals surface area contributed by atoms with Gasteiger partial charge in [-0.3, -0.25) is 0 Å². The first-order valence-electron chi connectivity index (χ1n) is 10.7. The van der Waals surface area contributed by atoms with Crippen LogP contribution in [-0.2, 0) is 0 Å². The number of hydrogen-bond donors (Lipinski definition) is 0. The van der Waals surface area contributed by atoms with Crippen molar-refractivity contribution in [1.29, 1.82) is 0 Å². The molecule has 4 heteroatoms. The van der Waals surface area contributed by atoms with E-state index in [2.05, 4.69) is 47.5 Å². The fraction of sp³-hybridized carbons (Fsp3) is 0.458. The largest absolute Gasteiger partial charge is 0.494 e. The maximum Gasteiger partial charge on any atom is 0.190 e. The van der Waals surface area contributed by atoms with Gasteiger partial charge in [-0.15, -0.1) is 0 Å². The zero-order valence-corrected chi connectivity index (χ0v) is 16.5. The normalized spacial score (nSPS) is 24.2. The summed E-state index contributed by atoms with van der Waals surface area (Å²) in [6, 6.07) is 17.1. The molecule has 0 spiro atoms. The molecular formula is C24H28N2O2. The summed E-state index contributed by atoms with van der Waals surface area (Å²) in [4.78, 5) is 0. The molecule has 0 unspecified atom stereocenters. The average molecular weight is 377 g/mol. The van der Waals surface area contributed by atoms with Gasteiger partial charge >= 0.3 is 0 Å². The molecule has 2 heterocycles. The Balaban J connectivity index is 1.52. The Morgan fingerprint density at radius 2 is 1.89 bits per heavy atom. The summed E-state index contributed by atoms with van der Waals surface area (Å²) < 4.78 is 12.3. The minimum atomic E-state index is 0.0388. The average Bonchev–Trinajstić information content (AvgIpc) is 3.21. The van der Waals surface area contributed by atoms with E-state index in [9.17, 15) is 0 Å². The number of hydrogen-bond acceptors (Lipinski definition) is 4. The van der Waals surface area contributed by atoms with Crippen LogP contribution in [-0.4, -0.2) is 23.6 Å². The highest BCUT2D eigenvalue weighted by molar-refractivity contribution is 6.01. The Kier molecular flexibility index (Phi) is 4.71. The van der Waals surface area contributed by atoms with Crippen LogP contribution in [0.4, 0.5) is 0 Å². The lowest BCUT2D eigenvalue weighted by Crippen LogP contribution is -2.45. The van der Waals surface area contributed by atoms with E-state index in [0.29, 0.717) is 12.5 Å². The smallest absolute Gasteiger partial charge is 0.190 e. The maximum atomic E-state index is 6.57. The molecular weight excluding hydrogens is 348 g/mol. The molecule has 5 rings (SSSR count). The third kappa shape index (κ3) is 3.15. The Hall–Kier alpha value is -2.49. The Morgan fingerprint density at radius 1 is 1.07 bits per heavy atom. The molecule has 3 aliphatic rings. The van der Waals surface area contributed by atoms with Gasteiger partial charge in [0, 0.05) is 17.9 Å². The summed E-state index contributed by atoms with van der Waals surface area (Å²) in [5.74, 6) is 2.47. The van der Waals surface area contributed by atoms with Crippen molar-refractivity contribution in [2.24, 2.45) is 11.0 Å². The molecule has 4 nitrogen and oxygen atoms in total. The fourth-order valence-corrected chi connectivity index (χ4v) is 4.89. The van der Waals surface area contributed by atoms with E-state index in [1.54, 1.807) is 0 Å². The third-order valence-electron chi connectivity index (χ3n) is 6.26. The number of ether oxygens (including phenoxy) is 2. The van der Waals surface area contributed by atoms with E-state index < -0.39 is 0 Å². The number of hydrazone groups is 1. The summed E-state index contributed by atoms with van der Waals surface area (Å²) in [5, 5.41) is 7.36. The molecule has 0 saturated heterocycles. The van der Waals surface area contributed by atoms with Crippen molar-refractivity contribution in [3.63, 3.8) is 0 Å². The van der Waals surface area contributed by atoms with E-state index in [0.717, 1.165) is 23.6 Å². The van der Waals surface area contributed by atoms with Gasteiger partial charge < -0.3 is 9.47 Å². The van der Waals surface area contributed by atoms with E-state index >= 15 is 0 Å². The molecule has 2 aromatic carbocycles. The quantitative estimate of drug-likeness (QED) is 0.703. The van der Waals surface area contributed by atoms with Crippen LogP contribution in [0.1, 0.15) is 62.6 Å². The lowest BCUT2D eigenvalue weighted by molar-refractivity contribution is -0.0644. The van der Waals surface area contributed by atoms with Crippen LogP contribution in [0.3, 0.4) is 0 Å². The summed E-state index contributed by atoms with van der Waals surface area (Å²) in [6.45, 7) is 2.69. The van der Waals surface area contributed by atoms with Gasteiger partial charge in [0.2, 0.25) is 0 Å². The molecule has 1 fully saturated rings. The van der Waals surface area contributed by atoms with Crippen LogP contribution in [0.5, 0.6) is 11.5 Å². The van der Waals surface area contributed by atoms with Crippen LogP contribution >= 0.6 is 0 Å². The second-order valence-electron chi connectivity index (χ2n) is 8.05. The van der Waals surface area contributed by atoms with Crippen LogP contribution in [0.25, 0.3) is 0 Å². The van der Waals surface area contributed by atoms with Gasteiger partial charge in [-0.2, -0.15) is 5.10 Å². The Morgan fingerprint density at radius 3 is 2.68 bits per heavy atom. The highest BCUT2D eigenvalue weighted by Crippen LogP contribution is 2.47.